The molecule has 0 amide bonds. The fraction of sp³-hybridized carbons (Fsp3) is 0.800. The highest BCUT2D eigenvalue weighted by atomic mass is 16.6. The van der Waals surface area contributed by atoms with Crippen LogP contribution in [0.5, 0.6) is 0 Å². The van der Waals surface area contributed by atoms with Crippen LogP contribution in [0.15, 0.2) is 0 Å². The van der Waals surface area contributed by atoms with Crippen molar-refractivity contribution in [3.05, 3.63) is 15.8 Å². The summed E-state index contributed by atoms with van der Waals surface area (Å²) < 4.78 is 1.44. The standard InChI is InChI=1S/C15H27N5O3/c1-10-12(17-13(20(22)23)19(10)6-7-21)16-11-8-14(2,3)18-15(4,5)9-11/h11,16,18,21H,6-9H2,1-5H3. The fourth-order valence-corrected chi connectivity index (χ4v) is 3.78. The zero-order valence-corrected chi connectivity index (χ0v) is 14.5. The third-order valence-electron chi connectivity index (χ3n) is 4.22. The first-order valence-corrected chi connectivity index (χ1v) is 7.93. The molecule has 0 saturated carbocycles. The minimum absolute atomic E-state index is 0.0209. The van der Waals surface area contributed by atoms with Crippen molar-refractivity contribution in [2.75, 3.05) is 11.9 Å². The molecule has 2 rings (SSSR count). The molecule has 0 unspecified atom stereocenters. The van der Waals surface area contributed by atoms with Gasteiger partial charge in [0, 0.05) is 17.1 Å². The topological polar surface area (TPSA) is 105 Å². The lowest BCUT2D eigenvalue weighted by Crippen LogP contribution is -2.60. The Labute approximate surface area is 136 Å². The molecule has 0 bridgehead atoms. The number of aromatic nitrogens is 2. The van der Waals surface area contributed by atoms with E-state index in [0.29, 0.717) is 11.5 Å². The Hall–Kier alpha value is -1.67. The Kier molecular flexibility index (Phi) is 4.68. The number of imidazole rings is 1. The van der Waals surface area contributed by atoms with Crippen LogP contribution in [0.3, 0.4) is 0 Å². The predicted molar refractivity (Wildman–Crippen MR) is 88.6 cm³/mol. The molecular weight excluding hydrogens is 298 g/mol. The van der Waals surface area contributed by atoms with Gasteiger partial charge in [-0.25, -0.2) is 4.57 Å². The van der Waals surface area contributed by atoms with E-state index in [1.54, 1.807) is 6.92 Å². The molecule has 8 heteroatoms. The summed E-state index contributed by atoms with van der Waals surface area (Å²) in [5.74, 6) is 0.301. The number of nitro groups is 1. The third-order valence-corrected chi connectivity index (χ3v) is 4.22. The van der Waals surface area contributed by atoms with Gasteiger partial charge in [0.25, 0.3) is 0 Å². The lowest BCUT2D eigenvalue weighted by Gasteiger charge is -2.46. The maximum atomic E-state index is 11.2. The summed E-state index contributed by atoms with van der Waals surface area (Å²) in [6.45, 7) is 10.4. The average molecular weight is 325 g/mol. The van der Waals surface area contributed by atoms with Crippen molar-refractivity contribution in [2.45, 2.75) is 71.1 Å². The van der Waals surface area contributed by atoms with Crippen LogP contribution in [0.4, 0.5) is 11.8 Å². The van der Waals surface area contributed by atoms with Crippen molar-refractivity contribution >= 4 is 11.8 Å². The highest BCUT2D eigenvalue weighted by molar-refractivity contribution is 5.46. The molecule has 8 nitrogen and oxygen atoms in total. The van der Waals surface area contributed by atoms with Gasteiger partial charge in [-0.05, 0) is 57.4 Å². The van der Waals surface area contributed by atoms with E-state index in [9.17, 15) is 10.1 Å². The molecule has 23 heavy (non-hydrogen) atoms. The van der Waals surface area contributed by atoms with Crippen LogP contribution in [0.2, 0.25) is 0 Å². The van der Waals surface area contributed by atoms with Crippen molar-refractivity contribution < 1.29 is 10.0 Å². The Bertz CT molecular complexity index is 578. The van der Waals surface area contributed by atoms with Gasteiger partial charge in [0.2, 0.25) is 5.82 Å². The maximum Gasteiger partial charge on any atom is 0.437 e. The summed E-state index contributed by atoms with van der Waals surface area (Å²) in [5.41, 5.74) is 0.639. The number of aliphatic hydroxyl groups is 1. The molecule has 0 aliphatic carbocycles. The molecule has 0 spiro atoms. The van der Waals surface area contributed by atoms with E-state index >= 15 is 0 Å². The van der Waals surface area contributed by atoms with Crippen molar-refractivity contribution in [3.8, 4) is 0 Å². The molecule has 1 aliphatic rings. The van der Waals surface area contributed by atoms with Crippen LogP contribution < -0.4 is 10.6 Å². The van der Waals surface area contributed by atoms with Crippen LogP contribution in [0.1, 0.15) is 46.2 Å². The fourth-order valence-electron chi connectivity index (χ4n) is 3.78. The number of hydrogen-bond donors (Lipinski definition) is 3. The van der Waals surface area contributed by atoms with Gasteiger partial charge in [0.05, 0.1) is 13.2 Å². The van der Waals surface area contributed by atoms with Crippen molar-refractivity contribution in [2.24, 2.45) is 0 Å². The van der Waals surface area contributed by atoms with Crippen molar-refractivity contribution in [1.82, 2.24) is 14.9 Å². The normalized spacial score (nSPS) is 20.4. The zero-order valence-electron chi connectivity index (χ0n) is 14.5. The van der Waals surface area contributed by atoms with E-state index in [2.05, 4.69) is 43.3 Å². The first kappa shape index (κ1) is 17.7. The van der Waals surface area contributed by atoms with Crippen LogP contribution in [-0.2, 0) is 6.54 Å². The van der Waals surface area contributed by atoms with Gasteiger partial charge in [0.1, 0.15) is 5.69 Å². The average Bonchev–Trinajstić information content (AvgIpc) is 2.64. The highest BCUT2D eigenvalue weighted by Crippen LogP contribution is 2.31. The van der Waals surface area contributed by atoms with Gasteiger partial charge in [-0.15, -0.1) is 0 Å². The molecule has 0 aromatic carbocycles. The predicted octanol–water partition coefficient (Wildman–Crippen LogP) is 1.81. The van der Waals surface area contributed by atoms with Gasteiger partial charge < -0.3 is 25.9 Å². The van der Waals surface area contributed by atoms with Crippen LogP contribution in [0, 0.1) is 17.0 Å². The van der Waals surface area contributed by atoms with E-state index in [1.807, 2.05) is 0 Å². The summed E-state index contributed by atoms with van der Waals surface area (Å²) >= 11 is 0. The molecule has 130 valence electrons. The largest absolute Gasteiger partial charge is 0.437 e. The first-order valence-electron chi connectivity index (χ1n) is 7.93. The number of nitrogens with one attached hydrogen (secondary N) is 2. The summed E-state index contributed by atoms with van der Waals surface area (Å²) in [4.78, 5) is 14.8. The molecule has 0 radical (unpaired) electrons. The number of hydrogen-bond acceptors (Lipinski definition) is 6. The summed E-state index contributed by atoms with van der Waals surface area (Å²) in [7, 11) is 0. The van der Waals surface area contributed by atoms with E-state index < -0.39 is 4.92 Å². The Morgan fingerprint density at radius 2 is 1.96 bits per heavy atom. The van der Waals surface area contributed by atoms with Crippen LogP contribution in [0.25, 0.3) is 0 Å². The molecule has 1 fully saturated rings. The van der Waals surface area contributed by atoms with Gasteiger partial charge in [-0.3, -0.25) is 0 Å². The maximum absolute atomic E-state index is 11.2. The molecule has 3 N–H and O–H groups in total. The van der Waals surface area contributed by atoms with Crippen LogP contribution >= 0.6 is 0 Å². The zero-order chi connectivity index (χ0) is 17.4. The Morgan fingerprint density at radius 1 is 1.39 bits per heavy atom. The van der Waals surface area contributed by atoms with E-state index in [1.165, 1.54) is 4.57 Å². The summed E-state index contributed by atoms with van der Waals surface area (Å²) in [6, 6.07) is 0.178. The van der Waals surface area contributed by atoms with Gasteiger partial charge in [-0.1, -0.05) is 0 Å². The number of aliphatic hydroxyl groups excluding tert-OH is 1. The third kappa shape index (κ3) is 4.00. The monoisotopic (exact) mass is 325 g/mol. The molecule has 0 atom stereocenters. The molecule has 1 aromatic rings. The summed E-state index contributed by atoms with van der Waals surface area (Å²) in [6.07, 6.45) is 1.80. The second-order valence-corrected chi connectivity index (χ2v) is 7.62. The molecule has 1 aromatic heterocycles. The van der Waals surface area contributed by atoms with Crippen molar-refractivity contribution in [1.29, 1.82) is 0 Å². The van der Waals surface area contributed by atoms with E-state index in [4.69, 9.17) is 5.11 Å². The minimum atomic E-state index is -0.510. The quantitative estimate of drug-likeness (QED) is 0.563. The molecule has 1 aliphatic heterocycles. The second kappa shape index (κ2) is 6.09. The number of anilines is 1. The minimum Gasteiger partial charge on any atom is -0.393 e. The van der Waals surface area contributed by atoms with Gasteiger partial charge in [0.15, 0.2) is 0 Å². The Morgan fingerprint density at radius 3 is 2.43 bits per heavy atom. The Balaban J connectivity index is 2.26. The number of rotatable bonds is 5. The first-order chi connectivity index (χ1) is 10.5. The van der Waals surface area contributed by atoms with Crippen molar-refractivity contribution in [3.63, 3.8) is 0 Å². The lowest BCUT2D eigenvalue weighted by atomic mass is 9.79. The second-order valence-electron chi connectivity index (χ2n) is 7.62. The van der Waals surface area contributed by atoms with E-state index in [0.717, 1.165) is 12.8 Å². The molecular formula is C15H27N5O3. The van der Waals surface area contributed by atoms with Gasteiger partial charge >= 0.3 is 5.95 Å². The highest BCUT2D eigenvalue weighted by Gasteiger charge is 2.38. The van der Waals surface area contributed by atoms with Crippen LogP contribution in [-0.4, -0.2) is 43.3 Å². The summed E-state index contributed by atoms with van der Waals surface area (Å²) in [5, 5.41) is 27.3. The number of piperidine rings is 1. The van der Waals surface area contributed by atoms with E-state index in [-0.39, 0.29) is 36.2 Å². The lowest BCUT2D eigenvalue weighted by molar-refractivity contribution is -0.396. The SMILES string of the molecule is Cc1c(NC2CC(C)(C)NC(C)(C)C2)nc([N+](=O)[O-])n1CCO. The van der Waals surface area contributed by atoms with Gasteiger partial charge in [-0.2, -0.15) is 0 Å². The molecule has 2 heterocycles. The molecule has 1 saturated heterocycles. The number of nitrogens with zero attached hydrogens (tertiary/aromatic N) is 3. The smallest absolute Gasteiger partial charge is 0.393 e.